The van der Waals surface area contributed by atoms with E-state index in [9.17, 15) is 9.90 Å². The Balaban J connectivity index is 2.47. The van der Waals surface area contributed by atoms with Gasteiger partial charge in [0.1, 0.15) is 0 Å². The lowest BCUT2D eigenvalue weighted by atomic mass is 9.95. The third-order valence-corrected chi connectivity index (χ3v) is 4.45. The predicted molar refractivity (Wildman–Crippen MR) is 77.0 cm³/mol. The van der Waals surface area contributed by atoms with Crippen LogP contribution in [0.3, 0.4) is 0 Å². The Bertz CT molecular complexity index is 279. The van der Waals surface area contributed by atoms with Gasteiger partial charge >= 0.3 is 6.03 Å². The number of amides is 2. The number of aliphatic hydroxyl groups is 1. The molecule has 0 aliphatic heterocycles. The van der Waals surface area contributed by atoms with Gasteiger partial charge < -0.3 is 15.3 Å². The van der Waals surface area contributed by atoms with Gasteiger partial charge in [0.15, 0.2) is 0 Å². The number of hydrogen-bond donors (Lipinski definition) is 2. The van der Waals surface area contributed by atoms with Gasteiger partial charge in [-0.25, -0.2) is 4.79 Å². The third-order valence-electron chi connectivity index (χ3n) is 3.28. The largest absolute Gasteiger partial charge is 0.389 e. The molecular formula is C13H26N2O2S. The number of nitrogens with zero attached hydrogens (tertiary/aromatic N) is 1. The molecule has 1 rings (SSSR count). The first kappa shape index (κ1) is 15.6. The lowest BCUT2D eigenvalue weighted by Gasteiger charge is -2.33. The molecule has 1 aliphatic rings. The molecule has 0 radical (unpaired) electrons. The first-order valence-corrected chi connectivity index (χ1v) is 7.89. The molecule has 2 atom stereocenters. The van der Waals surface area contributed by atoms with Gasteiger partial charge in [0.2, 0.25) is 0 Å². The molecule has 1 fully saturated rings. The van der Waals surface area contributed by atoms with Crippen LogP contribution < -0.4 is 5.32 Å². The van der Waals surface area contributed by atoms with E-state index < -0.39 is 5.60 Å². The third kappa shape index (κ3) is 5.06. The molecule has 5 heteroatoms. The van der Waals surface area contributed by atoms with Crippen molar-refractivity contribution in [2.24, 2.45) is 0 Å². The molecule has 18 heavy (non-hydrogen) atoms. The predicted octanol–water partition coefficient (Wildman–Crippen LogP) is 2.07. The number of thioether (sulfide) groups is 1. The second-order valence-corrected chi connectivity index (χ2v) is 6.86. The van der Waals surface area contributed by atoms with Crippen molar-refractivity contribution >= 4 is 17.8 Å². The quantitative estimate of drug-likeness (QED) is 0.825. The maximum absolute atomic E-state index is 12.0. The zero-order valence-electron chi connectivity index (χ0n) is 11.9. The summed E-state index contributed by atoms with van der Waals surface area (Å²) in [6.07, 6.45) is 6.80. The fourth-order valence-corrected chi connectivity index (χ4v) is 3.40. The highest BCUT2D eigenvalue weighted by Crippen LogP contribution is 2.27. The molecule has 2 N–H and O–H groups in total. The summed E-state index contributed by atoms with van der Waals surface area (Å²) in [4.78, 5) is 13.6. The van der Waals surface area contributed by atoms with Crippen molar-refractivity contribution in [3.63, 3.8) is 0 Å². The second-order valence-electron chi connectivity index (χ2n) is 5.78. The monoisotopic (exact) mass is 274 g/mol. The highest BCUT2D eigenvalue weighted by atomic mass is 32.2. The van der Waals surface area contributed by atoms with E-state index in [1.54, 1.807) is 25.8 Å². The summed E-state index contributed by atoms with van der Waals surface area (Å²) in [5.74, 6) is 0. The smallest absolute Gasteiger partial charge is 0.317 e. The molecule has 1 saturated carbocycles. The van der Waals surface area contributed by atoms with Crippen molar-refractivity contribution in [1.29, 1.82) is 0 Å². The second kappa shape index (κ2) is 6.66. The van der Waals surface area contributed by atoms with Crippen LogP contribution in [0.4, 0.5) is 4.79 Å². The van der Waals surface area contributed by atoms with Crippen molar-refractivity contribution in [3.8, 4) is 0 Å². The summed E-state index contributed by atoms with van der Waals surface area (Å²) in [7, 11) is 1.73. The Morgan fingerprint density at radius 3 is 2.61 bits per heavy atom. The standard InChI is InChI=1S/C13H26N2O2S/c1-13(2,17)9-15(3)12(16)14-10-7-5-6-8-11(10)18-4/h10-11,17H,5-9H2,1-4H3,(H,14,16)/t10-,11-/m1/s1. The van der Waals surface area contributed by atoms with E-state index in [-0.39, 0.29) is 12.1 Å². The van der Waals surface area contributed by atoms with Crippen molar-refractivity contribution in [2.75, 3.05) is 19.8 Å². The topological polar surface area (TPSA) is 52.6 Å². The van der Waals surface area contributed by atoms with Crippen LogP contribution in [0.15, 0.2) is 0 Å². The Labute approximate surface area is 115 Å². The molecule has 0 aromatic heterocycles. The first-order valence-electron chi connectivity index (χ1n) is 6.60. The van der Waals surface area contributed by atoms with Gasteiger partial charge in [-0.3, -0.25) is 0 Å². The summed E-state index contributed by atoms with van der Waals surface area (Å²) in [6.45, 7) is 3.76. The lowest BCUT2D eigenvalue weighted by Crippen LogP contribution is -2.51. The molecule has 106 valence electrons. The SMILES string of the molecule is CS[C@@H]1CCCC[C@H]1NC(=O)N(C)CC(C)(C)O. The zero-order valence-corrected chi connectivity index (χ0v) is 12.7. The van der Waals surface area contributed by atoms with Crippen LogP contribution in [0.25, 0.3) is 0 Å². The molecule has 0 unspecified atom stereocenters. The Morgan fingerprint density at radius 2 is 2.06 bits per heavy atom. The Kier molecular flexibility index (Phi) is 5.79. The minimum absolute atomic E-state index is 0.0805. The van der Waals surface area contributed by atoms with Gasteiger partial charge in [-0.2, -0.15) is 11.8 Å². The molecule has 1 aliphatic carbocycles. The van der Waals surface area contributed by atoms with Crippen LogP contribution in [-0.2, 0) is 0 Å². The fourth-order valence-electron chi connectivity index (χ4n) is 2.47. The molecule has 0 aromatic carbocycles. The van der Waals surface area contributed by atoms with Crippen molar-refractivity contribution in [3.05, 3.63) is 0 Å². The number of nitrogens with one attached hydrogen (secondary N) is 1. The van der Waals surface area contributed by atoms with Gasteiger partial charge in [0.25, 0.3) is 0 Å². The van der Waals surface area contributed by atoms with E-state index in [2.05, 4.69) is 11.6 Å². The van der Waals surface area contributed by atoms with Crippen molar-refractivity contribution in [1.82, 2.24) is 10.2 Å². The molecular weight excluding hydrogens is 248 g/mol. The number of carbonyl (C=O) groups excluding carboxylic acids is 1. The Hall–Kier alpha value is -0.420. The molecule has 0 saturated heterocycles. The molecule has 0 aromatic rings. The molecule has 0 heterocycles. The van der Waals surface area contributed by atoms with Gasteiger partial charge in [-0.15, -0.1) is 0 Å². The highest BCUT2D eigenvalue weighted by molar-refractivity contribution is 7.99. The van der Waals surface area contributed by atoms with Crippen LogP contribution in [0.5, 0.6) is 0 Å². The minimum atomic E-state index is -0.850. The molecule has 2 amide bonds. The van der Waals surface area contributed by atoms with Crippen LogP contribution in [0, 0.1) is 0 Å². The van der Waals surface area contributed by atoms with Gasteiger partial charge in [-0.1, -0.05) is 12.8 Å². The molecule has 0 spiro atoms. The number of urea groups is 1. The number of rotatable bonds is 4. The number of likely N-dealkylation sites (N-methyl/N-ethyl adjacent to an activating group) is 1. The minimum Gasteiger partial charge on any atom is -0.389 e. The summed E-state index contributed by atoms with van der Waals surface area (Å²) in [5, 5.41) is 13.3. The number of hydrogen-bond acceptors (Lipinski definition) is 3. The fraction of sp³-hybridized carbons (Fsp3) is 0.923. The van der Waals surface area contributed by atoms with Crippen LogP contribution >= 0.6 is 11.8 Å². The van der Waals surface area contributed by atoms with Gasteiger partial charge in [0.05, 0.1) is 12.1 Å². The summed E-state index contributed by atoms with van der Waals surface area (Å²) in [6, 6.07) is 0.189. The highest BCUT2D eigenvalue weighted by Gasteiger charge is 2.27. The molecule has 4 nitrogen and oxygen atoms in total. The van der Waals surface area contributed by atoms with E-state index in [1.165, 1.54) is 19.3 Å². The Morgan fingerprint density at radius 1 is 1.44 bits per heavy atom. The maximum atomic E-state index is 12.0. The first-order chi connectivity index (χ1) is 8.33. The van der Waals surface area contributed by atoms with Crippen LogP contribution in [0.1, 0.15) is 39.5 Å². The summed E-state index contributed by atoms with van der Waals surface area (Å²) >= 11 is 1.84. The van der Waals surface area contributed by atoms with Gasteiger partial charge in [-0.05, 0) is 32.9 Å². The molecule has 0 bridgehead atoms. The summed E-state index contributed by atoms with van der Waals surface area (Å²) < 4.78 is 0. The van der Waals surface area contributed by atoms with Crippen molar-refractivity contribution in [2.45, 2.75) is 56.4 Å². The van der Waals surface area contributed by atoms with Crippen molar-refractivity contribution < 1.29 is 9.90 Å². The van der Waals surface area contributed by atoms with E-state index in [1.807, 2.05) is 11.8 Å². The van der Waals surface area contributed by atoms with E-state index in [4.69, 9.17) is 0 Å². The van der Waals surface area contributed by atoms with E-state index in [0.717, 1.165) is 6.42 Å². The normalized spacial score (nSPS) is 24.7. The number of carbonyl (C=O) groups is 1. The van der Waals surface area contributed by atoms with Crippen LogP contribution in [-0.4, -0.2) is 52.8 Å². The van der Waals surface area contributed by atoms with Crippen LogP contribution in [0.2, 0.25) is 0 Å². The average Bonchev–Trinajstić information content (AvgIpc) is 2.27. The van der Waals surface area contributed by atoms with Gasteiger partial charge in [0, 0.05) is 18.3 Å². The zero-order chi connectivity index (χ0) is 13.8. The lowest BCUT2D eigenvalue weighted by molar-refractivity contribution is 0.0526. The van der Waals surface area contributed by atoms with E-state index in [0.29, 0.717) is 11.8 Å². The summed E-state index contributed by atoms with van der Waals surface area (Å²) in [5.41, 5.74) is -0.850. The maximum Gasteiger partial charge on any atom is 0.317 e. The van der Waals surface area contributed by atoms with E-state index >= 15 is 0 Å². The average molecular weight is 274 g/mol.